The molecule has 18 aromatic rings. The van der Waals surface area contributed by atoms with Gasteiger partial charge in [0.05, 0.1) is 10.8 Å². The molecule has 0 heterocycles. The Balaban J connectivity index is 0.000000220. The maximum atomic E-state index is 2.44. The standard InChI is InChI=1S/2C27H23N.2C25H16.12C2H6/c1-2-28(21-12-4-3-5-13-21)19-20-11-10-18-26-24-15-7-6-14-22(24)23-16-8-9-17-25(23)27(20)26;1-2-28(21-10-4-3-5-11-21)19-20-16-17-26-24-14-7-6-12-22(24)23-13-8-9-15-25(23)27(26)18-20;2*1-5-13-21-17(9-1)18-10-2-6-14-22(18)25(21)23-15-7-3-11-19(23)20-12-4-8-16-24(20)25;12*1-2/h2*3-18H,2,19H2,1H3;2*1-16H;12*1-2H3. The van der Waals surface area contributed by atoms with Crippen molar-refractivity contribution in [2.45, 2.75) is 204 Å². The molecule has 672 valence electrons. The van der Waals surface area contributed by atoms with E-state index in [2.05, 4.69) is 412 Å². The van der Waals surface area contributed by atoms with Crippen LogP contribution in [0.1, 0.15) is 236 Å². The maximum Gasteiger partial charge on any atom is 0.0725 e. The van der Waals surface area contributed by atoms with Crippen molar-refractivity contribution in [1.82, 2.24) is 0 Å². The van der Waals surface area contributed by atoms with Crippen LogP contribution in [0.4, 0.5) is 11.4 Å². The molecule has 2 heteroatoms. The molecule has 22 rings (SSSR count). The maximum absolute atomic E-state index is 2.44. The Morgan fingerprint density at radius 3 is 0.615 bits per heavy atom. The average molecular weight is 1720 g/mol. The van der Waals surface area contributed by atoms with E-state index in [-0.39, 0.29) is 10.8 Å². The predicted octanol–water partition coefficient (Wildman–Crippen LogP) is 38.7. The average Bonchev–Trinajstić information content (AvgIpc) is 1.52. The first kappa shape index (κ1) is 104. The molecular formula is C128H150N2. The summed E-state index contributed by atoms with van der Waals surface area (Å²) in [6.07, 6.45) is 0. The zero-order chi connectivity index (χ0) is 94.7. The first-order valence-corrected chi connectivity index (χ1v) is 49.6. The zero-order valence-electron chi connectivity index (χ0n) is 83.7. The summed E-state index contributed by atoms with van der Waals surface area (Å²) in [6.45, 7) is 56.2. The monoisotopic (exact) mass is 1720 g/mol. The Labute approximate surface area is 785 Å². The van der Waals surface area contributed by atoms with Gasteiger partial charge in [0.1, 0.15) is 0 Å². The van der Waals surface area contributed by atoms with Crippen LogP contribution in [0.25, 0.3) is 109 Å². The Bertz CT molecular complexity index is 5700. The summed E-state index contributed by atoms with van der Waals surface area (Å²) in [5.74, 6) is 0. The molecule has 0 bridgehead atoms. The molecule has 0 saturated carbocycles. The number of rotatable bonds is 8. The lowest BCUT2D eigenvalue weighted by Crippen LogP contribution is -2.25. The van der Waals surface area contributed by atoms with Gasteiger partial charge in [0, 0.05) is 37.6 Å². The SMILES string of the molecule is CC.CC.CC.CC.CC.CC.CC.CC.CC.CC.CC.CC.CCN(Cc1ccc2c3ccccc3c3ccccc3c2c1)c1ccccc1.CCN(Cc1cccc2c3ccccc3c3ccccc3c12)c1ccccc1.c1ccc2c(c1)-c1ccccc1C21c2ccccc2-c2ccccc21.c1ccc2c(c1)-c1ccccc1C21c2ccccc2-c2ccccc21. The molecule has 2 nitrogen and oxygen atoms in total. The van der Waals surface area contributed by atoms with Crippen molar-refractivity contribution >= 4 is 76.0 Å². The van der Waals surface area contributed by atoms with Gasteiger partial charge in [-0.05, 0) is 209 Å². The molecule has 18 aromatic carbocycles. The van der Waals surface area contributed by atoms with Gasteiger partial charge in [-0.15, -0.1) is 0 Å². The highest BCUT2D eigenvalue weighted by Crippen LogP contribution is 2.64. The second-order valence-electron chi connectivity index (χ2n) is 28.5. The fourth-order valence-electron chi connectivity index (χ4n) is 18.8. The van der Waals surface area contributed by atoms with Crippen molar-refractivity contribution in [1.29, 1.82) is 0 Å². The number of nitrogens with zero attached hydrogens (tertiary/aromatic N) is 2. The summed E-state index contributed by atoms with van der Waals surface area (Å²) in [4.78, 5) is 4.86. The van der Waals surface area contributed by atoms with Crippen LogP contribution in [0.5, 0.6) is 0 Å². The third-order valence-electron chi connectivity index (χ3n) is 23.2. The van der Waals surface area contributed by atoms with E-state index in [0.717, 1.165) is 26.2 Å². The van der Waals surface area contributed by atoms with Gasteiger partial charge in [-0.3, -0.25) is 0 Å². The zero-order valence-corrected chi connectivity index (χ0v) is 83.7. The van der Waals surface area contributed by atoms with Crippen LogP contribution in [0.2, 0.25) is 0 Å². The van der Waals surface area contributed by atoms with Gasteiger partial charge in [0.2, 0.25) is 0 Å². The van der Waals surface area contributed by atoms with Crippen LogP contribution in [0.15, 0.2) is 388 Å². The van der Waals surface area contributed by atoms with Crippen molar-refractivity contribution in [3.05, 3.63) is 444 Å². The molecule has 130 heavy (non-hydrogen) atoms. The van der Waals surface area contributed by atoms with Crippen LogP contribution < -0.4 is 9.80 Å². The van der Waals surface area contributed by atoms with Gasteiger partial charge in [-0.25, -0.2) is 0 Å². The van der Waals surface area contributed by atoms with E-state index in [4.69, 9.17) is 0 Å². The minimum atomic E-state index is -0.180. The van der Waals surface area contributed by atoms with Crippen molar-refractivity contribution in [3.63, 3.8) is 0 Å². The van der Waals surface area contributed by atoms with E-state index < -0.39 is 0 Å². The number of benzene rings is 18. The summed E-state index contributed by atoms with van der Waals surface area (Å²) in [5.41, 5.74) is 27.1. The lowest BCUT2D eigenvalue weighted by molar-refractivity contribution is 0.794. The van der Waals surface area contributed by atoms with Gasteiger partial charge in [0.25, 0.3) is 0 Å². The molecule has 4 aliphatic rings. The van der Waals surface area contributed by atoms with E-state index >= 15 is 0 Å². The summed E-state index contributed by atoms with van der Waals surface area (Å²) in [6, 6.07) is 142. The molecule has 2 spiro atoms. The van der Waals surface area contributed by atoms with Crippen molar-refractivity contribution < 1.29 is 0 Å². The van der Waals surface area contributed by atoms with Crippen LogP contribution >= 0.6 is 0 Å². The Morgan fingerprint density at radius 2 is 0.362 bits per heavy atom. The smallest absolute Gasteiger partial charge is 0.0725 e. The molecule has 0 aliphatic heterocycles. The summed E-state index contributed by atoms with van der Waals surface area (Å²) >= 11 is 0. The first-order chi connectivity index (χ1) is 64.6. The van der Waals surface area contributed by atoms with Crippen LogP contribution in [-0.4, -0.2) is 13.1 Å². The van der Waals surface area contributed by atoms with Crippen LogP contribution in [0.3, 0.4) is 0 Å². The Morgan fingerprint density at radius 1 is 0.169 bits per heavy atom. The normalized spacial score (nSPS) is 11.1. The molecule has 0 aromatic heterocycles. The molecule has 0 radical (unpaired) electrons. The fraction of sp³-hybridized carbons (Fsp3) is 0.250. The van der Waals surface area contributed by atoms with Gasteiger partial charge >= 0.3 is 0 Å². The van der Waals surface area contributed by atoms with Crippen molar-refractivity contribution in [3.8, 4) is 44.5 Å². The quantitative estimate of drug-likeness (QED) is 0.140. The molecule has 4 aliphatic carbocycles. The Kier molecular flexibility index (Phi) is 43.1. The van der Waals surface area contributed by atoms with E-state index in [1.807, 2.05) is 166 Å². The number of hydrogen-bond donors (Lipinski definition) is 0. The van der Waals surface area contributed by atoms with Crippen LogP contribution in [0, 0.1) is 0 Å². The minimum Gasteiger partial charge on any atom is -0.367 e. The number of fused-ring (bicyclic) bond motifs is 32. The largest absolute Gasteiger partial charge is 0.367 e. The highest BCUT2D eigenvalue weighted by Gasteiger charge is 2.53. The molecule has 0 fully saturated rings. The molecule has 0 amide bonds. The summed E-state index contributed by atoms with van der Waals surface area (Å²) in [7, 11) is 0. The molecular weight excluding hydrogens is 1570 g/mol. The number of para-hydroxylation sites is 2. The van der Waals surface area contributed by atoms with Gasteiger partial charge in [-0.2, -0.15) is 0 Å². The third-order valence-corrected chi connectivity index (χ3v) is 23.2. The third kappa shape index (κ3) is 20.5. The van der Waals surface area contributed by atoms with E-state index in [1.165, 1.54) is 176 Å². The first-order valence-electron chi connectivity index (χ1n) is 49.6. The van der Waals surface area contributed by atoms with Crippen LogP contribution in [-0.2, 0) is 23.9 Å². The van der Waals surface area contributed by atoms with Crippen molar-refractivity contribution in [2.75, 3.05) is 22.9 Å². The van der Waals surface area contributed by atoms with Gasteiger partial charge in [-0.1, -0.05) is 524 Å². The topological polar surface area (TPSA) is 6.48 Å². The lowest BCUT2D eigenvalue weighted by Gasteiger charge is -2.30. The predicted molar refractivity (Wildman–Crippen MR) is 586 cm³/mol. The van der Waals surface area contributed by atoms with E-state index in [0.29, 0.717) is 0 Å². The Hall–Kier alpha value is -12.9. The summed E-state index contributed by atoms with van der Waals surface area (Å²) < 4.78 is 0. The highest BCUT2D eigenvalue weighted by atomic mass is 15.1. The minimum absolute atomic E-state index is 0.180. The summed E-state index contributed by atoms with van der Waals surface area (Å²) in [5, 5.41) is 16.1. The van der Waals surface area contributed by atoms with E-state index in [9.17, 15) is 0 Å². The van der Waals surface area contributed by atoms with E-state index in [1.54, 1.807) is 0 Å². The van der Waals surface area contributed by atoms with Gasteiger partial charge < -0.3 is 9.80 Å². The molecule has 0 N–H and O–H groups in total. The lowest BCUT2D eigenvalue weighted by atomic mass is 9.70. The van der Waals surface area contributed by atoms with Gasteiger partial charge in [0.15, 0.2) is 0 Å². The van der Waals surface area contributed by atoms with Crippen molar-refractivity contribution in [2.24, 2.45) is 0 Å². The number of hydrogen-bond acceptors (Lipinski definition) is 2. The molecule has 0 saturated heterocycles. The second kappa shape index (κ2) is 53.8. The molecule has 0 unspecified atom stereocenters. The highest BCUT2D eigenvalue weighted by molar-refractivity contribution is 6.27. The molecule has 0 atom stereocenters. The fourth-order valence-corrected chi connectivity index (χ4v) is 18.8. The number of anilines is 2. The second-order valence-corrected chi connectivity index (χ2v) is 28.5.